The van der Waals surface area contributed by atoms with Crippen molar-refractivity contribution < 1.29 is 0 Å². The molecule has 0 saturated carbocycles. The molecule has 1 spiro atoms. The van der Waals surface area contributed by atoms with Crippen LogP contribution in [0, 0.1) is 0 Å². The summed E-state index contributed by atoms with van der Waals surface area (Å²) in [6.45, 7) is 0. The molecule has 0 N–H and O–H groups in total. The van der Waals surface area contributed by atoms with Crippen LogP contribution < -0.4 is 4.90 Å². The molecule has 9 aromatic rings. The summed E-state index contributed by atoms with van der Waals surface area (Å²) >= 11 is 1.90. The first-order chi connectivity index (χ1) is 26.3. The molecule has 248 valence electrons. The van der Waals surface area contributed by atoms with Crippen LogP contribution >= 0.6 is 11.8 Å². The molecule has 0 aromatic heterocycles. The summed E-state index contributed by atoms with van der Waals surface area (Å²) in [4.78, 5) is 5.04. The van der Waals surface area contributed by atoms with Gasteiger partial charge in [0, 0.05) is 21.2 Å². The lowest BCUT2D eigenvalue weighted by Gasteiger charge is -2.41. The minimum absolute atomic E-state index is 0.449. The van der Waals surface area contributed by atoms with Gasteiger partial charge in [0.05, 0.1) is 11.1 Å². The van der Waals surface area contributed by atoms with E-state index in [2.05, 4.69) is 205 Å². The largest absolute Gasteiger partial charge is 0.309 e. The predicted molar refractivity (Wildman–Crippen MR) is 223 cm³/mol. The average Bonchev–Trinajstić information content (AvgIpc) is 3.53. The topological polar surface area (TPSA) is 3.24 Å². The van der Waals surface area contributed by atoms with Gasteiger partial charge < -0.3 is 4.90 Å². The molecule has 2 heteroatoms. The van der Waals surface area contributed by atoms with Gasteiger partial charge >= 0.3 is 0 Å². The first-order valence-electron chi connectivity index (χ1n) is 18.3. The first kappa shape index (κ1) is 30.3. The Labute approximate surface area is 313 Å². The third-order valence-electron chi connectivity index (χ3n) is 11.3. The lowest BCUT2D eigenvalue weighted by molar-refractivity contribution is 0.725. The number of hydrogen-bond donors (Lipinski definition) is 0. The SMILES string of the molecule is c1ccc(-c2ccc(N(c3ccc(-c4ccccc4)cc3)c3cccc4c3Sc3ccccc3C43c4cccc5ccc6cccc3c6c45)cc2)cc1. The van der Waals surface area contributed by atoms with Crippen LogP contribution in [0.1, 0.15) is 22.3 Å². The number of rotatable bonds is 5. The van der Waals surface area contributed by atoms with Crippen LogP contribution in [0.5, 0.6) is 0 Å². The zero-order valence-electron chi connectivity index (χ0n) is 28.9. The molecule has 11 rings (SSSR count). The van der Waals surface area contributed by atoms with E-state index in [0.717, 1.165) is 11.4 Å². The zero-order valence-corrected chi connectivity index (χ0v) is 29.7. The summed E-state index contributed by atoms with van der Waals surface area (Å²) in [5.41, 5.74) is 13.3. The van der Waals surface area contributed by atoms with Gasteiger partial charge in [-0.15, -0.1) is 0 Å². The number of nitrogens with zero attached hydrogens (tertiary/aromatic N) is 1. The summed E-state index contributed by atoms with van der Waals surface area (Å²) in [7, 11) is 0. The molecule has 0 fully saturated rings. The van der Waals surface area contributed by atoms with E-state index in [-0.39, 0.29) is 0 Å². The highest BCUT2D eigenvalue weighted by molar-refractivity contribution is 7.99. The highest BCUT2D eigenvalue weighted by Crippen LogP contribution is 2.63. The van der Waals surface area contributed by atoms with Gasteiger partial charge in [-0.2, -0.15) is 0 Å². The van der Waals surface area contributed by atoms with E-state index in [4.69, 9.17) is 0 Å². The highest BCUT2D eigenvalue weighted by Gasteiger charge is 2.50. The Bertz CT molecular complexity index is 2700. The van der Waals surface area contributed by atoms with Gasteiger partial charge in [0.2, 0.25) is 0 Å². The quantitative estimate of drug-likeness (QED) is 0.165. The smallest absolute Gasteiger partial charge is 0.0736 e. The molecule has 1 nitrogen and oxygen atoms in total. The Morgan fingerprint density at radius 3 is 1.36 bits per heavy atom. The van der Waals surface area contributed by atoms with Gasteiger partial charge in [0.1, 0.15) is 0 Å². The molecule has 0 amide bonds. The Kier molecular flexibility index (Phi) is 6.77. The van der Waals surface area contributed by atoms with Crippen molar-refractivity contribution in [1.82, 2.24) is 0 Å². The third-order valence-corrected chi connectivity index (χ3v) is 12.5. The third kappa shape index (κ3) is 4.46. The number of fused-ring (bicyclic) bond motifs is 6. The van der Waals surface area contributed by atoms with Crippen molar-refractivity contribution in [3.05, 3.63) is 222 Å². The van der Waals surface area contributed by atoms with Gasteiger partial charge in [-0.05, 0) is 102 Å². The van der Waals surface area contributed by atoms with Crippen molar-refractivity contribution in [2.45, 2.75) is 15.2 Å². The molecule has 0 saturated heterocycles. The van der Waals surface area contributed by atoms with Crippen LogP contribution in [0.4, 0.5) is 17.1 Å². The predicted octanol–water partition coefficient (Wildman–Crippen LogP) is 14.0. The molecule has 1 aliphatic heterocycles. The van der Waals surface area contributed by atoms with E-state index >= 15 is 0 Å². The summed E-state index contributed by atoms with van der Waals surface area (Å²) < 4.78 is 0. The lowest BCUT2D eigenvalue weighted by atomic mass is 9.67. The molecule has 0 unspecified atom stereocenters. The minimum atomic E-state index is -0.449. The van der Waals surface area contributed by atoms with Gasteiger partial charge in [0.15, 0.2) is 0 Å². The maximum absolute atomic E-state index is 2.46. The Morgan fingerprint density at radius 2 is 0.792 bits per heavy atom. The van der Waals surface area contributed by atoms with E-state index in [1.807, 2.05) is 11.8 Å². The van der Waals surface area contributed by atoms with Crippen LogP contribution in [-0.2, 0) is 5.41 Å². The molecule has 0 radical (unpaired) electrons. The van der Waals surface area contributed by atoms with Crippen LogP contribution in [0.25, 0.3) is 43.8 Å². The fourth-order valence-corrected chi connectivity index (χ4v) is 10.3. The Balaban J connectivity index is 1.16. The van der Waals surface area contributed by atoms with Crippen molar-refractivity contribution in [3.8, 4) is 22.3 Å². The van der Waals surface area contributed by atoms with Crippen molar-refractivity contribution >= 4 is 50.4 Å². The molecule has 2 aliphatic rings. The van der Waals surface area contributed by atoms with Gasteiger partial charge in [-0.25, -0.2) is 0 Å². The minimum Gasteiger partial charge on any atom is -0.309 e. The van der Waals surface area contributed by atoms with E-state index in [9.17, 15) is 0 Å². The fraction of sp³-hybridized carbons (Fsp3) is 0.0196. The molecule has 53 heavy (non-hydrogen) atoms. The lowest BCUT2D eigenvalue weighted by Crippen LogP contribution is -2.32. The van der Waals surface area contributed by atoms with Gasteiger partial charge in [-0.1, -0.05) is 176 Å². The molecule has 9 aromatic carbocycles. The monoisotopic (exact) mass is 691 g/mol. The van der Waals surface area contributed by atoms with Crippen molar-refractivity contribution in [3.63, 3.8) is 0 Å². The first-order valence-corrected chi connectivity index (χ1v) is 19.1. The number of benzene rings is 9. The fourth-order valence-electron chi connectivity index (χ4n) is 9.02. The highest BCUT2D eigenvalue weighted by atomic mass is 32.2. The van der Waals surface area contributed by atoms with Gasteiger partial charge in [-0.3, -0.25) is 0 Å². The van der Waals surface area contributed by atoms with E-state index < -0.39 is 5.41 Å². The molecular weight excluding hydrogens is 659 g/mol. The normalized spacial score (nSPS) is 13.4. The molecule has 0 bridgehead atoms. The number of anilines is 3. The zero-order chi connectivity index (χ0) is 34.9. The molecule has 1 aliphatic carbocycles. The summed E-state index contributed by atoms with van der Waals surface area (Å²) in [6, 6.07) is 73.9. The molecular formula is C51H33NS. The summed E-state index contributed by atoms with van der Waals surface area (Å²) in [5, 5.41) is 5.35. The second-order valence-electron chi connectivity index (χ2n) is 14.0. The maximum atomic E-state index is 2.46. The second kappa shape index (κ2) is 11.8. The van der Waals surface area contributed by atoms with Crippen LogP contribution in [0.2, 0.25) is 0 Å². The second-order valence-corrected chi connectivity index (χ2v) is 15.1. The standard InChI is InChI=1S/C51H33NS/c1-3-12-34(13-4-1)36-26-30-40(31-27-36)52(41-32-28-37(29-33-41)35-14-5-2-6-15-35)46-22-11-21-45-50(46)53-47-23-8-7-18-42(47)51(45)43-19-9-16-38-24-25-39-17-10-20-44(51)49(39)48(38)43/h1-33H. The van der Waals surface area contributed by atoms with Crippen molar-refractivity contribution in [1.29, 1.82) is 0 Å². The maximum Gasteiger partial charge on any atom is 0.0736 e. The van der Waals surface area contributed by atoms with Crippen molar-refractivity contribution in [2.24, 2.45) is 0 Å². The van der Waals surface area contributed by atoms with Gasteiger partial charge in [0.25, 0.3) is 0 Å². The molecule has 1 heterocycles. The summed E-state index contributed by atoms with van der Waals surface area (Å²) in [5.74, 6) is 0. The molecule has 0 atom stereocenters. The van der Waals surface area contributed by atoms with E-state index in [1.54, 1.807) is 0 Å². The van der Waals surface area contributed by atoms with Crippen LogP contribution in [0.3, 0.4) is 0 Å². The van der Waals surface area contributed by atoms with E-state index in [0.29, 0.717) is 0 Å². The Morgan fingerprint density at radius 1 is 0.340 bits per heavy atom. The van der Waals surface area contributed by atoms with Crippen molar-refractivity contribution in [2.75, 3.05) is 4.90 Å². The summed E-state index contributed by atoms with van der Waals surface area (Å²) in [6.07, 6.45) is 0. The van der Waals surface area contributed by atoms with E-state index in [1.165, 1.54) is 81.5 Å². The average molecular weight is 692 g/mol. The van der Waals surface area contributed by atoms with Crippen LogP contribution in [0.15, 0.2) is 210 Å². The number of hydrogen-bond acceptors (Lipinski definition) is 2. The van der Waals surface area contributed by atoms with Crippen LogP contribution in [-0.4, -0.2) is 0 Å². The Hall–Kier alpha value is -6.35.